The number of carbonyl (C=O) groups excluding carboxylic acids is 1. The van der Waals surface area contributed by atoms with Gasteiger partial charge in [0.1, 0.15) is 0 Å². The number of fused-ring (bicyclic) bond motifs is 5. The number of hydrogen-bond donors (Lipinski definition) is 1. The summed E-state index contributed by atoms with van der Waals surface area (Å²) in [5.41, 5.74) is 1.35. The van der Waals surface area contributed by atoms with Crippen LogP contribution in [0.25, 0.3) is 0 Å². The van der Waals surface area contributed by atoms with Crippen LogP contribution in [-0.4, -0.2) is 23.7 Å². The van der Waals surface area contributed by atoms with E-state index in [1.807, 2.05) is 6.08 Å². The molecule has 1 N–H and O–H groups in total. The van der Waals surface area contributed by atoms with Gasteiger partial charge in [-0.2, -0.15) is 0 Å². The molecule has 5 unspecified atom stereocenters. The molecule has 3 heteroatoms. The zero-order chi connectivity index (χ0) is 16.2. The smallest absolute Gasteiger partial charge is 0.155 e. The average molecular weight is 320 g/mol. The van der Waals surface area contributed by atoms with Crippen molar-refractivity contribution in [2.45, 2.75) is 64.4 Å². The van der Waals surface area contributed by atoms with Gasteiger partial charge in [-0.25, -0.2) is 0 Å². The van der Waals surface area contributed by atoms with Crippen molar-refractivity contribution in [3.8, 4) is 0 Å². The molecule has 3 fully saturated rings. The van der Waals surface area contributed by atoms with Gasteiger partial charge < -0.3 is 5.11 Å². The lowest BCUT2D eigenvalue weighted by atomic mass is 9.48. The zero-order valence-electron chi connectivity index (χ0n) is 14.1. The van der Waals surface area contributed by atoms with E-state index in [0.717, 1.165) is 38.5 Å². The Bertz CT molecular complexity index is 528. The fraction of sp³-hybridized carbons (Fsp3) is 0.850. The average Bonchev–Trinajstić information content (AvgIpc) is 2.82. The molecule has 23 heavy (non-hydrogen) atoms. The molecule has 0 aromatic rings. The predicted octanol–water partition coefficient (Wildman–Crippen LogP) is 4.07. The number of halogens is 1. The highest BCUT2D eigenvalue weighted by Gasteiger charge is 2.58. The molecule has 0 aliphatic heterocycles. The molecule has 4 aliphatic carbocycles. The largest absolute Gasteiger partial charge is 0.393 e. The van der Waals surface area contributed by atoms with Crippen LogP contribution >= 0.6 is 0 Å². The fourth-order valence-corrected chi connectivity index (χ4v) is 6.91. The highest BCUT2D eigenvalue weighted by atomic mass is 19.1. The van der Waals surface area contributed by atoms with Gasteiger partial charge in [0.15, 0.2) is 5.78 Å². The number of ketones is 1. The summed E-state index contributed by atoms with van der Waals surface area (Å²) >= 11 is 0. The SMILES string of the molecule is C[C@]12CC(CCF)C3C4CCC(=O)C=C4CCC3C1CC[C@@H]2O. The third kappa shape index (κ3) is 2.33. The van der Waals surface area contributed by atoms with Gasteiger partial charge in [-0.05, 0) is 86.0 Å². The maximum Gasteiger partial charge on any atom is 0.155 e. The van der Waals surface area contributed by atoms with Gasteiger partial charge in [-0.3, -0.25) is 9.18 Å². The summed E-state index contributed by atoms with van der Waals surface area (Å²) in [6.07, 6.45) is 9.18. The molecule has 4 rings (SSSR count). The van der Waals surface area contributed by atoms with Crippen molar-refractivity contribution >= 4 is 5.78 Å². The summed E-state index contributed by atoms with van der Waals surface area (Å²) in [5, 5.41) is 10.6. The lowest BCUT2D eigenvalue weighted by Gasteiger charge is -2.56. The molecule has 0 bridgehead atoms. The Balaban J connectivity index is 1.69. The molecule has 0 aromatic heterocycles. The number of aliphatic hydroxyl groups is 1. The van der Waals surface area contributed by atoms with Crippen molar-refractivity contribution in [1.82, 2.24) is 0 Å². The molecule has 0 heterocycles. The van der Waals surface area contributed by atoms with E-state index in [-0.39, 0.29) is 24.0 Å². The molecule has 0 amide bonds. The van der Waals surface area contributed by atoms with E-state index in [1.54, 1.807) is 0 Å². The van der Waals surface area contributed by atoms with Crippen LogP contribution in [0.3, 0.4) is 0 Å². The number of aliphatic hydroxyl groups excluding tert-OH is 1. The Hall–Kier alpha value is -0.700. The Morgan fingerprint density at radius 3 is 2.87 bits per heavy atom. The summed E-state index contributed by atoms with van der Waals surface area (Å²) < 4.78 is 13.3. The molecule has 2 nitrogen and oxygen atoms in total. The van der Waals surface area contributed by atoms with Gasteiger partial charge in [-0.15, -0.1) is 0 Å². The first kappa shape index (κ1) is 15.8. The Kier molecular flexibility index (Phi) is 3.91. The quantitative estimate of drug-likeness (QED) is 0.832. The predicted molar refractivity (Wildman–Crippen MR) is 87.6 cm³/mol. The molecular weight excluding hydrogens is 291 g/mol. The van der Waals surface area contributed by atoms with E-state index < -0.39 is 0 Å². The second kappa shape index (κ2) is 5.68. The summed E-state index contributed by atoms with van der Waals surface area (Å²) in [7, 11) is 0. The normalized spacial score (nSPS) is 49.2. The summed E-state index contributed by atoms with van der Waals surface area (Å²) in [6.45, 7) is 2.00. The topological polar surface area (TPSA) is 37.3 Å². The van der Waals surface area contributed by atoms with Crippen LogP contribution in [0.1, 0.15) is 58.3 Å². The Labute approximate surface area is 138 Å². The van der Waals surface area contributed by atoms with Gasteiger partial charge >= 0.3 is 0 Å². The van der Waals surface area contributed by atoms with Crippen molar-refractivity contribution in [3.63, 3.8) is 0 Å². The first-order valence-electron chi connectivity index (χ1n) is 9.52. The van der Waals surface area contributed by atoms with Gasteiger partial charge in [0.2, 0.25) is 0 Å². The Morgan fingerprint density at radius 1 is 1.26 bits per heavy atom. The minimum absolute atomic E-state index is 0.00723. The van der Waals surface area contributed by atoms with E-state index in [2.05, 4.69) is 6.92 Å². The summed E-state index contributed by atoms with van der Waals surface area (Å²) in [4.78, 5) is 11.8. The van der Waals surface area contributed by atoms with Crippen LogP contribution in [0.4, 0.5) is 4.39 Å². The monoisotopic (exact) mass is 320 g/mol. The molecule has 0 saturated heterocycles. The van der Waals surface area contributed by atoms with Crippen LogP contribution in [0, 0.1) is 35.0 Å². The highest BCUT2D eigenvalue weighted by Crippen LogP contribution is 2.64. The third-order valence-corrected chi connectivity index (χ3v) is 7.85. The second-order valence-corrected chi connectivity index (χ2v) is 8.76. The van der Waals surface area contributed by atoms with Crippen LogP contribution in [0.15, 0.2) is 11.6 Å². The molecule has 128 valence electrons. The first-order chi connectivity index (χ1) is 11.0. The van der Waals surface area contributed by atoms with Gasteiger partial charge in [0.05, 0.1) is 12.8 Å². The summed E-state index contributed by atoms with van der Waals surface area (Å²) in [6, 6.07) is 0. The first-order valence-corrected chi connectivity index (χ1v) is 9.52. The lowest BCUT2D eigenvalue weighted by Crippen LogP contribution is -2.51. The van der Waals surface area contributed by atoms with E-state index in [1.165, 1.54) is 5.57 Å². The molecule has 3 saturated carbocycles. The number of allylic oxidation sites excluding steroid dienone is 1. The van der Waals surface area contributed by atoms with Crippen LogP contribution in [0.5, 0.6) is 0 Å². The lowest BCUT2D eigenvalue weighted by molar-refractivity contribution is -0.117. The minimum Gasteiger partial charge on any atom is -0.393 e. The van der Waals surface area contributed by atoms with E-state index in [9.17, 15) is 14.3 Å². The molecule has 0 radical (unpaired) electrons. The number of hydrogen-bond acceptors (Lipinski definition) is 2. The van der Waals surface area contributed by atoms with E-state index in [0.29, 0.717) is 42.4 Å². The second-order valence-electron chi connectivity index (χ2n) is 8.76. The van der Waals surface area contributed by atoms with E-state index in [4.69, 9.17) is 0 Å². The van der Waals surface area contributed by atoms with Crippen molar-refractivity contribution < 1.29 is 14.3 Å². The van der Waals surface area contributed by atoms with Gasteiger partial charge in [-0.1, -0.05) is 12.5 Å². The maximum absolute atomic E-state index is 13.3. The molecular formula is C20H29FO2. The van der Waals surface area contributed by atoms with Crippen LogP contribution in [0.2, 0.25) is 0 Å². The third-order valence-electron chi connectivity index (χ3n) is 7.85. The molecule has 0 aromatic carbocycles. The molecule has 0 spiro atoms. The minimum atomic E-state index is -0.255. The molecule has 4 aliphatic rings. The van der Waals surface area contributed by atoms with Crippen molar-refractivity contribution in [1.29, 1.82) is 0 Å². The maximum atomic E-state index is 13.3. The van der Waals surface area contributed by atoms with Crippen molar-refractivity contribution in [2.24, 2.45) is 35.0 Å². The zero-order valence-corrected chi connectivity index (χ0v) is 14.1. The molecule has 7 atom stereocenters. The van der Waals surface area contributed by atoms with Crippen molar-refractivity contribution in [3.05, 3.63) is 11.6 Å². The Morgan fingerprint density at radius 2 is 2.09 bits per heavy atom. The number of alkyl halides is 1. The van der Waals surface area contributed by atoms with E-state index >= 15 is 0 Å². The fourth-order valence-electron chi connectivity index (χ4n) is 6.91. The van der Waals surface area contributed by atoms with Gasteiger partial charge in [0, 0.05) is 6.42 Å². The number of carbonyl (C=O) groups is 1. The highest BCUT2D eigenvalue weighted by molar-refractivity contribution is 5.91. The van der Waals surface area contributed by atoms with Crippen LogP contribution in [-0.2, 0) is 4.79 Å². The summed E-state index contributed by atoms with van der Waals surface area (Å²) in [5.74, 6) is 2.93. The van der Waals surface area contributed by atoms with Crippen molar-refractivity contribution in [2.75, 3.05) is 6.67 Å². The number of rotatable bonds is 2. The van der Waals surface area contributed by atoms with Crippen LogP contribution < -0.4 is 0 Å². The van der Waals surface area contributed by atoms with Gasteiger partial charge in [0.25, 0.3) is 0 Å². The standard InChI is InChI=1S/C20H29FO2/c1-20-11-13(8-9-21)19-15-5-3-14(22)10-12(15)2-4-16(19)17(20)6-7-18(20)23/h10,13,15-19,23H,2-9,11H2,1H3/t13?,15?,16?,17?,18-,19?,20-/m0/s1.